The van der Waals surface area contributed by atoms with Gasteiger partial charge in [-0.2, -0.15) is 0 Å². The van der Waals surface area contributed by atoms with Gasteiger partial charge in [-0.15, -0.1) is 0 Å². The summed E-state index contributed by atoms with van der Waals surface area (Å²) >= 11 is 0. The van der Waals surface area contributed by atoms with Crippen molar-refractivity contribution >= 4 is 0 Å². The minimum atomic E-state index is -0.181. The van der Waals surface area contributed by atoms with Crippen LogP contribution in [-0.4, -0.2) is 48.5 Å². The first-order valence-corrected chi connectivity index (χ1v) is 6.18. The fourth-order valence-corrected chi connectivity index (χ4v) is 2.66. The maximum absolute atomic E-state index is 9.95. The fourth-order valence-electron chi connectivity index (χ4n) is 2.66. The van der Waals surface area contributed by atoms with Crippen molar-refractivity contribution in [2.75, 3.05) is 26.3 Å². The van der Waals surface area contributed by atoms with Gasteiger partial charge in [0.1, 0.15) is 0 Å². The van der Waals surface area contributed by atoms with Crippen LogP contribution in [0.5, 0.6) is 0 Å². The second-order valence-corrected chi connectivity index (χ2v) is 5.24. The lowest BCUT2D eigenvalue weighted by Crippen LogP contribution is -2.53. The molecule has 2 saturated heterocycles. The highest BCUT2D eigenvalue weighted by molar-refractivity contribution is 4.86. The molecule has 4 unspecified atom stereocenters. The van der Waals surface area contributed by atoms with E-state index in [4.69, 9.17) is 4.74 Å². The molecule has 0 spiro atoms. The van der Waals surface area contributed by atoms with E-state index in [9.17, 15) is 5.11 Å². The molecular formula is C12H23NO2. The minimum absolute atomic E-state index is 0.181. The standard InChI is InChI=1S/C12H23NO2/c1-9-3-5-13(7-10(9)2)11-8-15-6-4-12(11)14/h9-12,14H,3-8H2,1-2H3. The number of aliphatic hydroxyl groups excluding tert-OH is 1. The summed E-state index contributed by atoms with van der Waals surface area (Å²) in [7, 11) is 0. The number of likely N-dealkylation sites (tertiary alicyclic amines) is 1. The van der Waals surface area contributed by atoms with E-state index in [1.165, 1.54) is 6.42 Å². The van der Waals surface area contributed by atoms with Crippen molar-refractivity contribution in [2.24, 2.45) is 11.8 Å². The van der Waals surface area contributed by atoms with Crippen molar-refractivity contribution in [1.29, 1.82) is 0 Å². The molecular weight excluding hydrogens is 190 g/mol. The zero-order valence-corrected chi connectivity index (χ0v) is 9.85. The highest BCUT2D eigenvalue weighted by Crippen LogP contribution is 2.26. The minimum Gasteiger partial charge on any atom is -0.391 e. The van der Waals surface area contributed by atoms with Crippen LogP contribution >= 0.6 is 0 Å². The Hall–Kier alpha value is -0.120. The lowest BCUT2D eigenvalue weighted by molar-refractivity contribution is -0.0745. The summed E-state index contributed by atoms with van der Waals surface area (Å²) < 4.78 is 5.47. The van der Waals surface area contributed by atoms with E-state index < -0.39 is 0 Å². The van der Waals surface area contributed by atoms with Crippen LogP contribution in [-0.2, 0) is 4.74 Å². The first-order valence-electron chi connectivity index (χ1n) is 6.18. The summed E-state index contributed by atoms with van der Waals surface area (Å²) in [5, 5.41) is 9.95. The van der Waals surface area contributed by atoms with E-state index in [1.807, 2.05) is 0 Å². The van der Waals surface area contributed by atoms with Crippen LogP contribution in [0.15, 0.2) is 0 Å². The van der Waals surface area contributed by atoms with Crippen LogP contribution in [0.1, 0.15) is 26.7 Å². The first kappa shape index (κ1) is 11.4. The molecule has 3 heteroatoms. The maximum atomic E-state index is 9.95. The molecule has 0 saturated carbocycles. The van der Waals surface area contributed by atoms with Gasteiger partial charge in [-0.05, 0) is 31.2 Å². The van der Waals surface area contributed by atoms with Crippen molar-refractivity contribution in [3.63, 3.8) is 0 Å². The molecule has 15 heavy (non-hydrogen) atoms. The summed E-state index contributed by atoms with van der Waals surface area (Å²) in [5.74, 6) is 1.57. The molecule has 2 aliphatic heterocycles. The van der Waals surface area contributed by atoms with Crippen LogP contribution in [0.4, 0.5) is 0 Å². The van der Waals surface area contributed by atoms with Gasteiger partial charge in [-0.3, -0.25) is 4.90 Å². The lowest BCUT2D eigenvalue weighted by atomic mass is 9.87. The number of rotatable bonds is 1. The average molecular weight is 213 g/mol. The molecule has 0 aliphatic carbocycles. The van der Waals surface area contributed by atoms with E-state index >= 15 is 0 Å². The van der Waals surface area contributed by atoms with Crippen molar-refractivity contribution in [2.45, 2.75) is 38.8 Å². The van der Waals surface area contributed by atoms with Crippen LogP contribution in [0.25, 0.3) is 0 Å². The molecule has 0 bridgehead atoms. The second kappa shape index (κ2) is 4.81. The summed E-state index contributed by atoms with van der Waals surface area (Å²) in [6, 6.07) is 0.244. The van der Waals surface area contributed by atoms with Gasteiger partial charge in [-0.25, -0.2) is 0 Å². The Kier molecular flexibility index (Phi) is 3.65. The topological polar surface area (TPSA) is 32.7 Å². The second-order valence-electron chi connectivity index (χ2n) is 5.24. The third-order valence-electron chi connectivity index (χ3n) is 4.13. The van der Waals surface area contributed by atoms with E-state index in [-0.39, 0.29) is 12.1 Å². The van der Waals surface area contributed by atoms with Crippen molar-refractivity contribution in [3.05, 3.63) is 0 Å². The smallest absolute Gasteiger partial charge is 0.0739 e. The Morgan fingerprint density at radius 3 is 2.67 bits per heavy atom. The predicted molar refractivity (Wildman–Crippen MR) is 59.7 cm³/mol. The van der Waals surface area contributed by atoms with E-state index in [0.717, 1.165) is 38.0 Å². The zero-order valence-electron chi connectivity index (χ0n) is 9.85. The molecule has 0 aromatic heterocycles. The molecule has 0 radical (unpaired) electrons. The van der Waals surface area contributed by atoms with E-state index in [0.29, 0.717) is 6.61 Å². The molecule has 2 aliphatic rings. The van der Waals surface area contributed by atoms with Gasteiger partial charge in [0.05, 0.1) is 18.8 Å². The molecule has 0 aromatic carbocycles. The van der Waals surface area contributed by atoms with Crippen LogP contribution < -0.4 is 0 Å². The van der Waals surface area contributed by atoms with Crippen molar-refractivity contribution in [3.8, 4) is 0 Å². The number of hydrogen-bond donors (Lipinski definition) is 1. The average Bonchev–Trinajstić information content (AvgIpc) is 2.23. The normalized spacial score (nSPS) is 44.2. The Bertz CT molecular complexity index is 210. The predicted octanol–water partition coefficient (Wildman–Crippen LogP) is 1.11. The Labute approximate surface area is 92.4 Å². The SMILES string of the molecule is CC1CCN(C2COCCC2O)CC1C. The molecule has 1 N–H and O–H groups in total. The largest absolute Gasteiger partial charge is 0.391 e. The van der Waals surface area contributed by atoms with Crippen LogP contribution in [0.3, 0.4) is 0 Å². The van der Waals surface area contributed by atoms with Crippen molar-refractivity contribution in [1.82, 2.24) is 4.90 Å². The zero-order chi connectivity index (χ0) is 10.8. The molecule has 2 heterocycles. The molecule has 0 amide bonds. The molecule has 88 valence electrons. The molecule has 2 fully saturated rings. The third kappa shape index (κ3) is 2.52. The van der Waals surface area contributed by atoms with Crippen LogP contribution in [0, 0.1) is 11.8 Å². The Morgan fingerprint density at radius 2 is 2.00 bits per heavy atom. The van der Waals surface area contributed by atoms with Gasteiger partial charge in [0.15, 0.2) is 0 Å². The maximum Gasteiger partial charge on any atom is 0.0739 e. The van der Waals surface area contributed by atoms with E-state index in [1.54, 1.807) is 0 Å². The third-order valence-corrected chi connectivity index (χ3v) is 4.13. The fraction of sp³-hybridized carbons (Fsp3) is 1.00. The lowest BCUT2D eigenvalue weighted by Gasteiger charge is -2.43. The summed E-state index contributed by atoms with van der Waals surface area (Å²) in [6.07, 6.45) is 1.87. The first-order chi connectivity index (χ1) is 7.18. The van der Waals surface area contributed by atoms with Gasteiger partial charge in [0.25, 0.3) is 0 Å². The van der Waals surface area contributed by atoms with E-state index in [2.05, 4.69) is 18.7 Å². The number of ether oxygens (including phenoxy) is 1. The Balaban J connectivity index is 1.92. The number of nitrogens with zero attached hydrogens (tertiary/aromatic N) is 1. The van der Waals surface area contributed by atoms with Crippen molar-refractivity contribution < 1.29 is 9.84 Å². The molecule has 2 rings (SSSR count). The van der Waals surface area contributed by atoms with Crippen LogP contribution in [0.2, 0.25) is 0 Å². The highest BCUT2D eigenvalue weighted by atomic mass is 16.5. The number of hydrogen-bond acceptors (Lipinski definition) is 3. The van der Waals surface area contributed by atoms with Gasteiger partial charge in [-0.1, -0.05) is 13.8 Å². The van der Waals surface area contributed by atoms with Gasteiger partial charge in [0.2, 0.25) is 0 Å². The van der Waals surface area contributed by atoms with Gasteiger partial charge >= 0.3 is 0 Å². The quantitative estimate of drug-likeness (QED) is 0.708. The molecule has 4 atom stereocenters. The highest BCUT2D eigenvalue weighted by Gasteiger charge is 2.33. The van der Waals surface area contributed by atoms with Gasteiger partial charge < -0.3 is 9.84 Å². The van der Waals surface area contributed by atoms with Gasteiger partial charge in [0, 0.05) is 13.2 Å². The molecule has 0 aromatic rings. The summed E-state index contributed by atoms with van der Waals surface area (Å²) in [5.41, 5.74) is 0. The Morgan fingerprint density at radius 1 is 1.20 bits per heavy atom. The summed E-state index contributed by atoms with van der Waals surface area (Å²) in [6.45, 7) is 8.31. The summed E-state index contributed by atoms with van der Waals surface area (Å²) in [4.78, 5) is 2.43. The number of piperidine rings is 1. The molecule has 3 nitrogen and oxygen atoms in total. The monoisotopic (exact) mass is 213 g/mol. The number of aliphatic hydroxyl groups is 1.